The maximum atomic E-state index is 12.0. The van der Waals surface area contributed by atoms with Crippen LogP contribution in [0.25, 0.3) is 5.69 Å². The Morgan fingerprint density at radius 3 is 2.43 bits per heavy atom. The lowest BCUT2D eigenvalue weighted by Gasteiger charge is -2.12. The predicted octanol–water partition coefficient (Wildman–Crippen LogP) is 5.14. The number of para-hydroxylation sites is 1. The van der Waals surface area contributed by atoms with E-state index < -0.39 is 11.8 Å². The number of hydrazone groups is 1. The molecule has 0 spiro atoms. The second-order valence-corrected chi connectivity index (χ2v) is 7.64. The van der Waals surface area contributed by atoms with E-state index >= 15 is 0 Å². The highest BCUT2D eigenvalue weighted by molar-refractivity contribution is 6.41. The second kappa shape index (κ2) is 9.34. The number of hydrogen-bond acceptors (Lipinski definition) is 3. The third-order valence-electron chi connectivity index (χ3n) is 4.32. The fourth-order valence-electron chi connectivity index (χ4n) is 2.90. The molecule has 0 fully saturated rings. The lowest BCUT2D eigenvalue weighted by atomic mass is 10.2. The Labute approximate surface area is 188 Å². The molecule has 2 amide bonds. The van der Waals surface area contributed by atoms with Crippen LogP contribution in [-0.2, 0) is 9.59 Å². The molecule has 3 rings (SSSR count). The highest BCUT2D eigenvalue weighted by Crippen LogP contribution is 2.28. The number of carbonyl (C=O) groups excluding carboxylic acids is 2. The minimum Gasteiger partial charge on any atom is -0.316 e. The zero-order valence-electron chi connectivity index (χ0n) is 16.0. The number of rotatable bonds is 4. The maximum absolute atomic E-state index is 12.0. The van der Waals surface area contributed by atoms with Crippen molar-refractivity contribution in [3.63, 3.8) is 0 Å². The maximum Gasteiger partial charge on any atom is 0.329 e. The first kappa shape index (κ1) is 21.9. The third-order valence-corrected chi connectivity index (χ3v) is 5.20. The van der Waals surface area contributed by atoms with E-state index in [0.717, 1.165) is 22.6 Å². The molecule has 2 N–H and O–H groups in total. The molecule has 0 aliphatic heterocycles. The fourth-order valence-corrected chi connectivity index (χ4v) is 3.45. The number of halogens is 3. The van der Waals surface area contributed by atoms with Crippen LogP contribution in [0.3, 0.4) is 0 Å². The Bertz CT molecular complexity index is 1160. The van der Waals surface area contributed by atoms with E-state index in [0.29, 0.717) is 20.8 Å². The number of aryl methyl sites for hydroxylation is 1. The molecule has 1 heterocycles. The van der Waals surface area contributed by atoms with Gasteiger partial charge < -0.3 is 9.88 Å². The summed E-state index contributed by atoms with van der Waals surface area (Å²) < 4.78 is 1.93. The van der Waals surface area contributed by atoms with E-state index in [1.165, 1.54) is 6.21 Å². The minimum absolute atomic E-state index is 0.328. The summed E-state index contributed by atoms with van der Waals surface area (Å²) in [5, 5.41) is 7.76. The normalized spacial score (nSPS) is 11.0. The summed E-state index contributed by atoms with van der Waals surface area (Å²) >= 11 is 18.4. The van der Waals surface area contributed by atoms with Gasteiger partial charge in [0, 0.05) is 22.0 Å². The summed E-state index contributed by atoms with van der Waals surface area (Å²) in [6.45, 7) is 3.80. The van der Waals surface area contributed by atoms with Gasteiger partial charge in [-0.3, -0.25) is 9.59 Å². The van der Waals surface area contributed by atoms with Crippen molar-refractivity contribution < 1.29 is 9.59 Å². The number of benzene rings is 2. The summed E-state index contributed by atoms with van der Waals surface area (Å²) in [7, 11) is 0. The highest BCUT2D eigenvalue weighted by Gasteiger charge is 2.15. The van der Waals surface area contributed by atoms with Crippen LogP contribution in [0.2, 0.25) is 15.1 Å². The van der Waals surface area contributed by atoms with Gasteiger partial charge in [-0.05, 0) is 50.2 Å². The lowest BCUT2D eigenvalue weighted by Crippen LogP contribution is -2.32. The van der Waals surface area contributed by atoms with Gasteiger partial charge >= 0.3 is 11.8 Å². The Balaban J connectivity index is 1.72. The SMILES string of the molecule is Cc1cc(C=NNC(=O)C(=O)Nc2ccccc2Cl)c(C)n1-c1cc(Cl)ccc1Cl. The molecule has 3 aromatic rings. The molecule has 0 unspecified atom stereocenters. The number of hydrogen-bond donors (Lipinski definition) is 2. The van der Waals surface area contributed by atoms with Gasteiger partial charge in [0.1, 0.15) is 0 Å². The molecule has 0 saturated heterocycles. The summed E-state index contributed by atoms with van der Waals surface area (Å²) in [6.07, 6.45) is 1.46. The number of amides is 2. The van der Waals surface area contributed by atoms with Crippen LogP contribution in [-0.4, -0.2) is 22.6 Å². The number of anilines is 1. The van der Waals surface area contributed by atoms with Crippen LogP contribution in [0, 0.1) is 13.8 Å². The zero-order valence-corrected chi connectivity index (χ0v) is 18.3. The van der Waals surface area contributed by atoms with E-state index in [-0.39, 0.29) is 0 Å². The molecular formula is C21H17Cl3N4O2. The molecule has 6 nitrogen and oxygen atoms in total. The van der Waals surface area contributed by atoms with Crippen LogP contribution in [0.4, 0.5) is 5.69 Å². The monoisotopic (exact) mass is 462 g/mol. The topological polar surface area (TPSA) is 75.5 Å². The first-order chi connectivity index (χ1) is 14.3. The summed E-state index contributed by atoms with van der Waals surface area (Å²) in [5.41, 5.74) is 5.77. The Hall–Kier alpha value is -2.80. The third kappa shape index (κ3) is 4.84. The van der Waals surface area contributed by atoms with Gasteiger partial charge in [-0.15, -0.1) is 0 Å². The molecule has 30 heavy (non-hydrogen) atoms. The molecule has 2 aromatic carbocycles. The summed E-state index contributed by atoms with van der Waals surface area (Å²) in [4.78, 5) is 24.0. The predicted molar refractivity (Wildman–Crippen MR) is 121 cm³/mol. The quantitative estimate of drug-likeness (QED) is 0.319. The van der Waals surface area contributed by atoms with Crippen molar-refractivity contribution in [2.24, 2.45) is 5.10 Å². The molecule has 0 atom stereocenters. The van der Waals surface area contributed by atoms with E-state index in [2.05, 4.69) is 15.8 Å². The van der Waals surface area contributed by atoms with E-state index in [1.54, 1.807) is 42.5 Å². The van der Waals surface area contributed by atoms with Crippen LogP contribution in [0.5, 0.6) is 0 Å². The molecule has 154 valence electrons. The van der Waals surface area contributed by atoms with Crippen molar-refractivity contribution in [3.8, 4) is 5.69 Å². The Kier molecular flexibility index (Phi) is 6.82. The standard InChI is InChI=1S/C21H17Cl3N4O2/c1-12-9-14(13(2)28(12)19-10-15(22)7-8-17(19)24)11-25-27-21(30)20(29)26-18-6-4-3-5-16(18)23/h3-11H,1-2H3,(H,26,29)(H,27,30). The van der Waals surface area contributed by atoms with Crippen molar-refractivity contribution in [3.05, 3.63) is 80.6 Å². The molecule has 0 saturated carbocycles. The zero-order chi connectivity index (χ0) is 21.8. The molecular weight excluding hydrogens is 447 g/mol. The highest BCUT2D eigenvalue weighted by atomic mass is 35.5. The smallest absolute Gasteiger partial charge is 0.316 e. The molecule has 9 heteroatoms. The van der Waals surface area contributed by atoms with Gasteiger partial charge in [0.2, 0.25) is 0 Å². The minimum atomic E-state index is -0.919. The van der Waals surface area contributed by atoms with Crippen molar-refractivity contribution >= 4 is 58.5 Å². The van der Waals surface area contributed by atoms with Crippen molar-refractivity contribution in [2.75, 3.05) is 5.32 Å². The van der Waals surface area contributed by atoms with E-state index in [9.17, 15) is 9.59 Å². The van der Waals surface area contributed by atoms with Gasteiger partial charge in [-0.25, -0.2) is 5.43 Å². The largest absolute Gasteiger partial charge is 0.329 e. The van der Waals surface area contributed by atoms with Gasteiger partial charge in [0.15, 0.2) is 0 Å². The Morgan fingerprint density at radius 2 is 1.70 bits per heavy atom. The van der Waals surface area contributed by atoms with Gasteiger partial charge in [0.25, 0.3) is 0 Å². The second-order valence-electron chi connectivity index (χ2n) is 6.39. The molecule has 0 bridgehead atoms. The summed E-state index contributed by atoms with van der Waals surface area (Å²) in [5.74, 6) is -1.80. The first-order valence-corrected chi connectivity index (χ1v) is 9.94. The number of nitrogens with zero attached hydrogens (tertiary/aromatic N) is 2. The lowest BCUT2D eigenvalue weighted by molar-refractivity contribution is -0.136. The van der Waals surface area contributed by atoms with Gasteiger partial charge in [-0.2, -0.15) is 5.10 Å². The van der Waals surface area contributed by atoms with Crippen LogP contribution in [0.1, 0.15) is 17.0 Å². The molecule has 0 radical (unpaired) electrons. The van der Waals surface area contributed by atoms with E-state index in [4.69, 9.17) is 34.8 Å². The van der Waals surface area contributed by atoms with Crippen molar-refractivity contribution in [1.29, 1.82) is 0 Å². The van der Waals surface area contributed by atoms with Crippen LogP contribution in [0.15, 0.2) is 53.6 Å². The number of carbonyl (C=O) groups is 2. The van der Waals surface area contributed by atoms with Crippen LogP contribution < -0.4 is 10.7 Å². The van der Waals surface area contributed by atoms with Gasteiger partial charge in [-0.1, -0.05) is 46.9 Å². The average molecular weight is 464 g/mol. The van der Waals surface area contributed by atoms with Crippen LogP contribution >= 0.6 is 34.8 Å². The molecule has 1 aromatic heterocycles. The van der Waals surface area contributed by atoms with E-state index in [1.807, 2.05) is 24.5 Å². The fraction of sp³-hybridized carbons (Fsp3) is 0.0952. The van der Waals surface area contributed by atoms with Crippen molar-refractivity contribution in [1.82, 2.24) is 9.99 Å². The van der Waals surface area contributed by atoms with Gasteiger partial charge in [0.05, 0.1) is 27.6 Å². The first-order valence-electron chi connectivity index (χ1n) is 8.81. The summed E-state index contributed by atoms with van der Waals surface area (Å²) in [6, 6.07) is 13.7. The Morgan fingerprint density at radius 1 is 0.967 bits per heavy atom. The number of nitrogens with one attached hydrogen (secondary N) is 2. The molecule has 0 aliphatic carbocycles. The molecule has 0 aliphatic rings. The number of aromatic nitrogens is 1. The average Bonchev–Trinajstić information content (AvgIpc) is 2.98. The van der Waals surface area contributed by atoms with Crippen molar-refractivity contribution in [2.45, 2.75) is 13.8 Å².